The number of benzene rings is 3. The maximum atomic E-state index is 14.0. The van der Waals surface area contributed by atoms with Crippen molar-refractivity contribution in [2.75, 3.05) is 0 Å². The molecule has 0 spiro atoms. The van der Waals surface area contributed by atoms with Crippen molar-refractivity contribution < 1.29 is 13.9 Å². The molecule has 3 aromatic carbocycles. The van der Waals surface area contributed by atoms with Gasteiger partial charge in [0.15, 0.2) is 0 Å². The minimum absolute atomic E-state index is 0.144. The summed E-state index contributed by atoms with van der Waals surface area (Å²) in [6.45, 7) is 4.44. The van der Waals surface area contributed by atoms with Crippen LogP contribution >= 0.6 is 0 Å². The summed E-state index contributed by atoms with van der Waals surface area (Å²) >= 11 is 0. The van der Waals surface area contributed by atoms with E-state index in [0.29, 0.717) is 6.61 Å². The van der Waals surface area contributed by atoms with E-state index < -0.39 is 11.7 Å². The standard InChI is InChI=1S/C28H23FN4O2/c1-19-14-23(17-31-32-28(34)26-13-8-22(16-30)15-27(26)29)20(2)33(19)24-9-11-25(12-10-24)35-18-21-6-4-3-5-7-21/h3-15,17H,18H2,1-2H3,(H,32,34)/b31-17+. The first-order valence-corrected chi connectivity index (χ1v) is 11.0. The summed E-state index contributed by atoms with van der Waals surface area (Å²) in [5.74, 6) is -0.686. The molecule has 4 rings (SSSR count). The van der Waals surface area contributed by atoms with Gasteiger partial charge in [0.05, 0.1) is 23.4 Å². The third-order valence-corrected chi connectivity index (χ3v) is 5.53. The second-order valence-electron chi connectivity index (χ2n) is 7.94. The number of rotatable bonds is 7. The third-order valence-electron chi connectivity index (χ3n) is 5.53. The van der Waals surface area contributed by atoms with Gasteiger partial charge >= 0.3 is 0 Å². The number of amides is 1. The van der Waals surface area contributed by atoms with Crippen LogP contribution in [0, 0.1) is 31.0 Å². The average molecular weight is 467 g/mol. The molecule has 0 bridgehead atoms. The molecule has 0 atom stereocenters. The van der Waals surface area contributed by atoms with E-state index in [4.69, 9.17) is 10.00 Å². The van der Waals surface area contributed by atoms with Gasteiger partial charge in [-0.2, -0.15) is 10.4 Å². The fourth-order valence-electron chi connectivity index (χ4n) is 3.74. The first-order valence-electron chi connectivity index (χ1n) is 11.0. The van der Waals surface area contributed by atoms with Gasteiger partial charge in [-0.3, -0.25) is 4.79 Å². The van der Waals surface area contributed by atoms with Gasteiger partial charge < -0.3 is 9.30 Å². The number of hydrazone groups is 1. The minimum atomic E-state index is -0.772. The van der Waals surface area contributed by atoms with Crippen LogP contribution in [0.5, 0.6) is 5.75 Å². The molecule has 0 aliphatic rings. The Balaban J connectivity index is 1.43. The van der Waals surface area contributed by atoms with E-state index in [0.717, 1.165) is 40.0 Å². The van der Waals surface area contributed by atoms with E-state index in [9.17, 15) is 9.18 Å². The van der Waals surface area contributed by atoms with Crippen molar-refractivity contribution in [2.24, 2.45) is 5.10 Å². The maximum absolute atomic E-state index is 14.0. The molecule has 0 fully saturated rings. The molecule has 7 heteroatoms. The molecule has 0 radical (unpaired) electrons. The van der Waals surface area contributed by atoms with Gasteiger partial charge in [-0.15, -0.1) is 0 Å². The number of nitrogens with one attached hydrogen (secondary N) is 1. The number of halogens is 1. The highest BCUT2D eigenvalue weighted by molar-refractivity contribution is 5.95. The lowest BCUT2D eigenvalue weighted by molar-refractivity contribution is 0.0951. The molecule has 0 aliphatic carbocycles. The molecular weight excluding hydrogens is 443 g/mol. The third kappa shape index (κ3) is 5.45. The van der Waals surface area contributed by atoms with Crippen LogP contribution in [0.3, 0.4) is 0 Å². The molecule has 0 saturated heterocycles. The van der Waals surface area contributed by atoms with Crippen molar-refractivity contribution in [3.05, 3.63) is 118 Å². The zero-order chi connectivity index (χ0) is 24.8. The van der Waals surface area contributed by atoms with Gasteiger partial charge in [0, 0.05) is 22.6 Å². The van der Waals surface area contributed by atoms with Crippen LogP contribution in [-0.4, -0.2) is 16.7 Å². The summed E-state index contributed by atoms with van der Waals surface area (Å²) in [6, 6.07) is 25.2. The van der Waals surface area contributed by atoms with Crippen LogP contribution in [0.4, 0.5) is 4.39 Å². The number of aryl methyl sites for hydroxylation is 1. The molecule has 1 heterocycles. The number of carbonyl (C=O) groups is 1. The Bertz CT molecular complexity index is 1420. The number of nitrogens with zero attached hydrogens (tertiary/aromatic N) is 3. The molecular formula is C28H23FN4O2. The average Bonchev–Trinajstić information content (AvgIpc) is 3.16. The summed E-state index contributed by atoms with van der Waals surface area (Å²) in [6.07, 6.45) is 1.52. The van der Waals surface area contributed by atoms with Crippen molar-refractivity contribution in [3.63, 3.8) is 0 Å². The fraction of sp³-hybridized carbons (Fsp3) is 0.107. The molecule has 6 nitrogen and oxygen atoms in total. The molecule has 0 aliphatic heterocycles. The van der Waals surface area contributed by atoms with Gasteiger partial charge in [-0.05, 0) is 67.9 Å². The monoisotopic (exact) mass is 466 g/mol. The predicted octanol–water partition coefficient (Wildman–Crippen LogP) is 5.45. The summed E-state index contributed by atoms with van der Waals surface area (Å²) in [5.41, 5.74) is 7.11. The van der Waals surface area contributed by atoms with Crippen LogP contribution in [0.2, 0.25) is 0 Å². The van der Waals surface area contributed by atoms with Crippen LogP contribution in [0.15, 0.2) is 84.0 Å². The van der Waals surface area contributed by atoms with Crippen LogP contribution in [0.25, 0.3) is 5.69 Å². The van der Waals surface area contributed by atoms with Crippen LogP contribution in [-0.2, 0) is 6.61 Å². The topological polar surface area (TPSA) is 79.4 Å². The summed E-state index contributed by atoms with van der Waals surface area (Å²) in [4.78, 5) is 12.2. The van der Waals surface area contributed by atoms with E-state index in [1.165, 1.54) is 18.3 Å². The molecule has 0 unspecified atom stereocenters. The normalized spacial score (nSPS) is 10.8. The number of nitriles is 1. The maximum Gasteiger partial charge on any atom is 0.274 e. The zero-order valence-electron chi connectivity index (χ0n) is 19.3. The molecule has 0 saturated carbocycles. The lowest BCUT2D eigenvalue weighted by Crippen LogP contribution is -2.19. The smallest absolute Gasteiger partial charge is 0.274 e. The Kier molecular flexibility index (Phi) is 7.03. The van der Waals surface area contributed by atoms with Gasteiger partial charge in [-0.1, -0.05) is 30.3 Å². The molecule has 1 aromatic heterocycles. The lowest BCUT2D eigenvalue weighted by Gasteiger charge is -2.11. The highest BCUT2D eigenvalue weighted by atomic mass is 19.1. The Morgan fingerprint density at radius 3 is 2.51 bits per heavy atom. The molecule has 174 valence electrons. The van der Waals surface area contributed by atoms with Crippen molar-refractivity contribution in [3.8, 4) is 17.5 Å². The highest BCUT2D eigenvalue weighted by Gasteiger charge is 2.13. The van der Waals surface area contributed by atoms with Gasteiger partial charge in [0.25, 0.3) is 5.91 Å². The first-order chi connectivity index (χ1) is 17.0. The largest absolute Gasteiger partial charge is 0.489 e. The van der Waals surface area contributed by atoms with Crippen molar-refractivity contribution >= 4 is 12.1 Å². The summed E-state index contributed by atoms with van der Waals surface area (Å²) in [7, 11) is 0. The van der Waals surface area contributed by atoms with Crippen molar-refractivity contribution in [1.82, 2.24) is 9.99 Å². The Hall–Kier alpha value is -4.70. The fourth-order valence-corrected chi connectivity index (χ4v) is 3.74. The Labute approximate surface area is 202 Å². The van der Waals surface area contributed by atoms with Crippen molar-refractivity contribution in [1.29, 1.82) is 5.26 Å². The number of hydrogen-bond acceptors (Lipinski definition) is 4. The second kappa shape index (κ2) is 10.5. The number of carbonyl (C=O) groups excluding carboxylic acids is 1. The highest BCUT2D eigenvalue weighted by Crippen LogP contribution is 2.22. The first kappa shape index (κ1) is 23.5. The van der Waals surface area contributed by atoms with E-state index in [2.05, 4.69) is 15.1 Å². The Morgan fingerprint density at radius 2 is 1.83 bits per heavy atom. The van der Waals surface area contributed by atoms with Crippen molar-refractivity contribution in [2.45, 2.75) is 20.5 Å². The quantitative estimate of drug-likeness (QED) is 0.291. The molecule has 35 heavy (non-hydrogen) atoms. The molecule has 1 amide bonds. The van der Waals surface area contributed by atoms with E-state index >= 15 is 0 Å². The number of ether oxygens (including phenoxy) is 1. The van der Waals surface area contributed by atoms with Crippen LogP contribution < -0.4 is 10.2 Å². The second-order valence-corrected chi connectivity index (χ2v) is 7.94. The van der Waals surface area contributed by atoms with Gasteiger partial charge in [0.1, 0.15) is 18.2 Å². The van der Waals surface area contributed by atoms with E-state index in [1.54, 1.807) is 0 Å². The Morgan fingerprint density at radius 1 is 1.09 bits per heavy atom. The van der Waals surface area contributed by atoms with Crippen LogP contribution in [0.1, 0.15) is 38.4 Å². The number of hydrogen-bond donors (Lipinski definition) is 1. The molecule has 4 aromatic rings. The van der Waals surface area contributed by atoms with E-state index in [-0.39, 0.29) is 11.1 Å². The summed E-state index contributed by atoms with van der Waals surface area (Å²) < 4.78 is 22.0. The minimum Gasteiger partial charge on any atom is -0.489 e. The van der Waals surface area contributed by atoms with E-state index in [1.807, 2.05) is 80.6 Å². The SMILES string of the molecule is Cc1cc(/C=N/NC(=O)c2ccc(C#N)cc2F)c(C)n1-c1ccc(OCc2ccccc2)cc1. The zero-order valence-corrected chi connectivity index (χ0v) is 19.3. The predicted molar refractivity (Wildman–Crippen MR) is 132 cm³/mol. The molecule has 1 N–H and O–H groups in total. The van der Waals surface area contributed by atoms with Gasteiger partial charge in [0.2, 0.25) is 0 Å². The number of aromatic nitrogens is 1. The lowest BCUT2D eigenvalue weighted by atomic mass is 10.1. The van der Waals surface area contributed by atoms with Gasteiger partial charge in [-0.25, -0.2) is 9.82 Å². The summed E-state index contributed by atoms with van der Waals surface area (Å²) in [5, 5.41) is 12.8.